The summed E-state index contributed by atoms with van der Waals surface area (Å²) >= 11 is 0. The number of hydrogen-bond donors (Lipinski definition) is 2. The Morgan fingerprint density at radius 1 is 1.03 bits per heavy atom. The van der Waals surface area contributed by atoms with Gasteiger partial charge in [-0.2, -0.15) is 10.5 Å². The molecule has 2 aromatic rings. The summed E-state index contributed by atoms with van der Waals surface area (Å²) in [6, 6.07) is 21.3. The van der Waals surface area contributed by atoms with Crippen molar-refractivity contribution in [2.75, 3.05) is 26.3 Å². The van der Waals surface area contributed by atoms with Gasteiger partial charge >= 0.3 is 0 Å². The average Bonchev–Trinajstić information content (AvgIpc) is 3.16. The fraction of sp³-hybridized carbons (Fsp3) is 0.208. The topological polar surface area (TPSA) is 128 Å². The summed E-state index contributed by atoms with van der Waals surface area (Å²) in [6.07, 6.45) is 0. The molecule has 2 aliphatic rings. The minimum absolute atomic E-state index is 0.0238. The van der Waals surface area contributed by atoms with Crippen LogP contribution in [-0.4, -0.2) is 43.0 Å². The van der Waals surface area contributed by atoms with Crippen molar-refractivity contribution in [3.05, 3.63) is 88.3 Å². The summed E-state index contributed by atoms with van der Waals surface area (Å²) in [5, 5.41) is 41.7. The number of benzene rings is 2. The monoisotopic (exact) mass is 411 g/mol. The molecule has 1 fully saturated rings. The van der Waals surface area contributed by atoms with Crippen molar-refractivity contribution in [3.63, 3.8) is 0 Å². The van der Waals surface area contributed by atoms with Crippen molar-refractivity contribution < 1.29 is 15.2 Å². The Labute approximate surface area is 180 Å². The zero-order valence-corrected chi connectivity index (χ0v) is 16.8. The molecule has 0 amide bonds. The van der Waals surface area contributed by atoms with E-state index in [2.05, 4.69) is 10.3 Å². The normalized spacial score (nSPS) is 19.8. The fourth-order valence-electron chi connectivity index (χ4n) is 3.40. The van der Waals surface area contributed by atoms with Crippen LogP contribution in [-0.2, 0) is 10.5 Å². The van der Waals surface area contributed by atoms with Gasteiger partial charge < -0.3 is 20.6 Å². The number of quaternary nitrogens is 1. The number of allylic oxidation sites excluding steroid dienone is 2. The first-order valence-corrected chi connectivity index (χ1v) is 9.81. The molecule has 1 saturated heterocycles. The van der Waals surface area contributed by atoms with Crippen molar-refractivity contribution in [1.29, 1.82) is 10.5 Å². The molecule has 3 N–H and O–H groups in total. The lowest BCUT2D eigenvalue weighted by molar-refractivity contribution is -0.670. The van der Waals surface area contributed by atoms with E-state index in [4.69, 9.17) is 4.74 Å². The molecule has 0 radical (unpaired) electrons. The van der Waals surface area contributed by atoms with Crippen molar-refractivity contribution in [2.45, 2.75) is 5.72 Å². The van der Waals surface area contributed by atoms with Crippen LogP contribution in [0.5, 0.6) is 0 Å². The van der Waals surface area contributed by atoms with E-state index >= 15 is 0 Å². The van der Waals surface area contributed by atoms with E-state index in [0.717, 1.165) is 26.3 Å². The Hall–Kier alpha value is -3.84. The third-order valence-corrected chi connectivity index (χ3v) is 4.85. The van der Waals surface area contributed by atoms with Gasteiger partial charge in [0.25, 0.3) is 0 Å². The van der Waals surface area contributed by atoms with Gasteiger partial charge in [0.15, 0.2) is 0 Å². The molecule has 0 bridgehead atoms. The number of nitriles is 2. The molecule has 7 heteroatoms. The molecule has 2 heterocycles. The van der Waals surface area contributed by atoms with Crippen LogP contribution in [0.4, 0.5) is 0 Å². The zero-order chi connectivity index (χ0) is 22.1. The maximum atomic E-state index is 11.4. The highest BCUT2D eigenvalue weighted by atomic mass is 16.5. The van der Waals surface area contributed by atoms with Crippen molar-refractivity contribution in [1.82, 2.24) is 0 Å². The molecule has 1 atom stereocenters. The smallest absolute Gasteiger partial charge is 0.211 e. The predicted molar refractivity (Wildman–Crippen MR) is 117 cm³/mol. The molecule has 0 aromatic heterocycles. The zero-order valence-electron chi connectivity index (χ0n) is 16.8. The Bertz CT molecular complexity index is 1100. The summed E-state index contributed by atoms with van der Waals surface area (Å²) in [5.74, 6) is 1.75. The summed E-state index contributed by atoms with van der Waals surface area (Å²) in [7, 11) is 0. The minimum Gasteiger partial charge on any atom is -0.762 e. The molecule has 0 spiro atoms. The molecular formula is C24H21N5O2. The van der Waals surface area contributed by atoms with Crippen LogP contribution in [0.25, 0.3) is 11.0 Å². The standard InChI is InChI=1S/C20H11N4O.C4H9NO/c21-11-15(12-22)19-17(13-23)18(14-7-3-1-4-8-14)20(25,24-19)16-9-5-2-6-10-16;1-3-6-4-2-5-1/h1-10,25H;5H,1-4H2/q-1;/p+1. The van der Waals surface area contributed by atoms with Crippen LogP contribution in [0.1, 0.15) is 11.1 Å². The Kier molecular flexibility index (Phi) is 7.24. The van der Waals surface area contributed by atoms with Gasteiger partial charge in [0.1, 0.15) is 17.9 Å². The largest absolute Gasteiger partial charge is 0.762 e. The Morgan fingerprint density at radius 2 is 1.65 bits per heavy atom. The number of nitrogens with zero attached hydrogens (tertiary/aromatic N) is 4. The summed E-state index contributed by atoms with van der Waals surface area (Å²) in [6.45, 7) is 4.19. The number of aliphatic imine (C=N–C) groups is 1. The van der Waals surface area contributed by atoms with E-state index in [-0.39, 0.29) is 22.4 Å². The number of rotatable bonds is 3. The molecule has 4 rings (SSSR count). The van der Waals surface area contributed by atoms with Crippen molar-refractivity contribution in [3.8, 4) is 12.1 Å². The number of nitrogens with two attached hydrogens (primary N) is 1. The van der Waals surface area contributed by atoms with Crippen LogP contribution < -0.4 is 5.32 Å². The minimum atomic E-state index is -1.85. The lowest BCUT2D eigenvalue weighted by Gasteiger charge is -2.24. The Balaban J connectivity index is 0.000000391. The van der Waals surface area contributed by atoms with E-state index < -0.39 is 5.72 Å². The van der Waals surface area contributed by atoms with Crippen LogP contribution >= 0.6 is 0 Å². The molecular weight excluding hydrogens is 390 g/mol. The van der Waals surface area contributed by atoms with Gasteiger partial charge in [-0.3, -0.25) is 0 Å². The van der Waals surface area contributed by atoms with Gasteiger partial charge in [-0.05, 0) is 5.56 Å². The molecule has 0 aliphatic carbocycles. The van der Waals surface area contributed by atoms with Crippen LogP contribution in [0.3, 0.4) is 0 Å². The summed E-state index contributed by atoms with van der Waals surface area (Å²) in [4.78, 5) is 4.24. The van der Waals surface area contributed by atoms with Gasteiger partial charge in [0.05, 0.1) is 37.4 Å². The molecule has 31 heavy (non-hydrogen) atoms. The Morgan fingerprint density at radius 3 is 2.10 bits per heavy atom. The lowest BCUT2D eigenvalue weighted by atomic mass is 9.87. The van der Waals surface area contributed by atoms with Crippen LogP contribution in [0.2, 0.25) is 0 Å². The SMILES string of the molecule is C1COCC[NH2+]1.N#CC(=C=[N-])C1=NC(O)(c2ccccc2)C(c2ccccc2)=C1C#N. The highest BCUT2D eigenvalue weighted by Crippen LogP contribution is 2.45. The third-order valence-electron chi connectivity index (χ3n) is 4.85. The molecule has 1 unspecified atom stereocenters. The highest BCUT2D eigenvalue weighted by Gasteiger charge is 2.43. The number of hydrogen-bond acceptors (Lipinski definition) is 5. The van der Waals surface area contributed by atoms with Crippen LogP contribution in [0, 0.1) is 22.7 Å². The maximum Gasteiger partial charge on any atom is 0.211 e. The number of morpholine rings is 1. The highest BCUT2D eigenvalue weighted by molar-refractivity contribution is 6.27. The first-order valence-electron chi connectivity index (χ1n) is 9.81. The van der Waals surface area contributed by atoms with E-state index in [9.17, 15) is 21.0 Å². The van der Waals surface area contributed by atoms with E-state index in [1.54, 1.807) is 66.5 Å². The van der Waals surface area contributed by atoms with E-state index in [1.807, 2.05) is 12.1 Å². The summed E-state index contributed by atoms with van der Waals surface area (Å²) < 4.78 is 5.04. The lowest BCUT2D eigenvalue weighted by Crippen LogP contribution is -2.87. The van der Waals surface area contributed by atoms with E-state index in [0.29, 0.717) is 11.1 Å². The fourth-order valence-corrected chi connectivity index (χ4v) is 3.40. The summed E-state index contributed by atoms with van der Waals surface area (Å²) in [5.41, 5.74) is -0.904. The first kappa shape index (κ1) is 21.9. The van der Waals surface area contributed by atoms with Gasteiger partial charge in [0.2, 0.25) is 5.72 Å². The molecule has 2 aliphatic heterocycles. The second kappa shape index (κ2) is 10.3. The van der Waals surface area contributed by atoms with Crippen molar-refractivity contribution in [2.24, 2.45) is 4.99 Å². The predicted octanol–water partition coefficient (Wildman–Crippen LogP) is 1.53. The van der Waals surface area contributed by atoms with Gasteiger partial charge in [0, 0.05) is 11.1 Å². The molecule has 154 valence electrons. The first-order chi connectivity index (χ1) is 15.2. The maximum absolute atomic E-state index is 11.4. The van der Waals surface area contributed by atoms with Crippen LogP contribution in [0.15, 0.2) is 76.8 Å². The number of ether oxygens (including phenoxy) is 1. The van der Waals surface area contributed by atoms with E-state index in [1.165, 1.54) is 0 Å². The van der Waals surface area contributed by atoms with Gasteiger partial charge in [-0.15, -0.1) is 0 Å². The molecule has 7 nitrogen and oxygen atoms in total. The molecule has 2 aromatic carbocycles. The molecule has 0 saturated carbocycles. The number of aliphatic hydroxyl groups is 1. The third kappa shape index (κ3) is 4.67. The van der Waals surface area contributed by atoms with Crippen molar-refractivity contribution >= 4 is 17.2 Å². The van der Waals surface area contributed by atoms with Gasteiger partial charge in [-0.1, -0.05) is 60.7 Å². The quantitative estimate of drug-likeness (QED) is 0.586. The second-order valence-corrected chi connectivity index (χ2v) is 6.80. The second-order valence-electron chi connectivity index (χ2n) is 6.80. The average molecular weight is 411 g/mol. The van der Waals surface area contributed by atoms with Gasteiger partial charge in [-0.25, -0.2) is 10.9 Å².